The van der Waals surface area contributed by atoms with E-state index in [4.69, 9.17) is 5.26 Å². The SMILES string of the molecule is CCN(C1CCNCC1)S(=O)(=O)Cc1cccc(C#N)c1. The summed E-state index contributed by atoms with van der Waals surface area (Å²) >= 11 is 0. The topological polar surface area (TPSA) is 73.2 Å². The minimum absolute atomic E-state index is 0.0414. The van der Waals surface area contributed by atoms with E-state index in [1.807, 2.05) is 13.0 Å². The van der Waals surface area contributed by atoms with Gasteiger partial charge in [0.25, 0.3) is 0 Å². The van der Waals surface area contributed by atoms with Crippen LogP contribution in [0, 0.1) is 11.3 Å². The van der Waals surface area contributed by atoms with Crippen molar-refractivity contribution in [2.24, 2.45) is 0 Å². The highest BCUT2D eigenvalue weighted by Crippen LogP contribution is 2.19. The van der Waals surface area contributed by atoms with Crippen molar-refractivity contribution in [1.82, 2.24) is 9.62 Å². The maximum absolute atomic E-state index is 12.7. The van der Waals surface area contributed by atoms with Crippen LogP contribution in [-0.4, -0.2) is 38.4 Å². The molecular formula is C15H21N3O2S. The summed E-state index contributed by atoms with van der Waals surface area (Å²) in [5.74, 6) is -0.0414. The summed E-state index contributed by atoms with van der Waals surface area (Å²) in [4.78, 5) is 0. The molecule has 0 spiro atoms. The third kappa shape index (κ3) is 4.03. The molecule has 0 atom stereocenters. The van der Waals surface area contributed by atoms with Gasteiger partial charge in [0.05, 0.1) is 17.4 Å². The van der Waals surface area contributed by atoms with Crippen LogP contribution in [0.15, 0.2) is 24.3 Å². The minimum Gasteiger partial charge on any atom is -0.317 e. The van der Waals surface area contributed by atoms with Gasteiger partial charge in [-0.15, -0.1) is 0 Å². The van der Waals surface area contributed by atoms with E-state index < -0.39 is 10.0 Å². The van der Waals surface area contributed by atoms with E-state index in [1.54, 1.807) is 28.6 Å². The molecule has 0 radical (unpaired) electrons. The third-order valence-corrected chi connectivity index (χ3v) is 5.76. The average Bonchev–Trinajstić information content (AvgIpc) is 2.48. The van der Waals surface area contributed by atoms with E-state index in [2.05, 4.69) is 5.32 Å². The number of benzene rings is 1. The monoisotopic (exact) mass is 307 g/mol. The fraction of sp³-hybridized carbons (Fsp3) is 0.533. The summed E-state index contributed by atoms with van der Waals surface area (Å²) in [7, 11) is -3.35. The molecule has 1 aromatic rings. The summed E-state index contributed by atoms with van der Waals surface area (Å²) in [6.45, 7) is 4.09. The standard InChI is InChI=1S/C15H21N3O2S/c1-2-18(15-6-8-17-9-7-15)21(19,20)12-14-5-3-4-13(10-14)11-16/h3-5,10,15,17H,2,6-9,12H2,1H3. The predicted molar refractivity (Wildman–Crippen MR) is 82.1 cm³/mol. The Balaban J connectivity index is 2.17. The van der Waals surface area contributed by atoms with Crippen molar-refractivity contribution in [3.63, 3.8) is 0 Å². The lowest BCUT2D eigenvalue weighted by Crippen LogP contribution is -2.46. The largest absolute Gasteiger partial charge is 0.317 e. The second-order valence-electron chi connectivity index (χ2n) is 5.25. The second-order valence-corrected chi connectivity index (χ2v) is 7.17. The van der Waals surface area contributed by atoms with E-state index >= 15 is 0 Å². The first-order valence-electron chi connectivity index (χ1n) is 7.26. The normalized spacial score (nSPS) is 16.8. The van der Waals surface area contributed by atoms with Crippen LogP contribution in [0.3, 0.4) is 0 Å². The molecule has 0 aliphatic carbocycles. The number of rotatable bonds is 5. The molecule has 5 nitrogen and oxygen atoms in total. The molecule has 0 unspecified atom stereocenters. The van der Waals surface area contributed by atoms with Crippen molar-refractivity contribution in [2.45, 2.75) is 31.6 Å². The molecule has 0 amide bonds. The number of nitrogens with zero attached hydrogens (tertiary/aromatic N) is 2. The first-order valence-corrected chi connectivity index (χ1v) is 8.87. The van der Waals surface area contributed by atoms with Crippen LogP contribution in [0.25, 0.3) is 0 Å². The molecule has 1 heterocycles. The lowest BCUT2D eigenvalue weighted by molar-refractivity contribution is 0.270. The molecule has 21 heavy (non-hydrogen) atoms. The van der Waals surface area contributed by atoms with E-state index in [1.165, 1.54) is 0 Å². The Morgan fingerprint density at radius 3 is 2.71 bits per heavy atom. The molecule has 1 N–H and O–H groups in total. The Morgan fingerprint density at radius 1 is 1.38 bits per heavy atom. The van der Waals surface area contributed by atoms with Crippen molar-refractivity contribution in [1.29, 1.82) is 5.26 Å². The average molecular weight is 307 g/mol. The number of nitrogens with one attached hydrogen (secondary N) is 1. The fourth-order valence-electron chi connectivity index (χ4n) is 2.80. The van der Waals surface area contributed by atoms with Crippen molar-refractivity contribution in [2.75, 3.05) is 19.6 Å². The van der Waals surface area contributed by atoms with Gasteiger partial charge in [-0.25, -0.2) is 8.42 Å². The van der Waals surface area contributed by atoms with Crippen LogP contribution in [0.4, 0.5) is 0 Å². The first-order chi connectivity index (χ1) is 10.1. The molecule has 114 valence electrons. The minimum atomic E-state index is -3.35. The Labute approximate surface area is 126 Å². The van der Waals surface area contributed by atoms with Gasteiger partial charge < -0.3 is 5.32 Å². The zero-order valence-corrected chi connectivity index (χ0v) is 13.1. The number of sulfonamides is 1. The Kier molecular flexibility index (Phi) is 5.34. The molecule has 0 bridgehead atoms. The summed E-state index contributed by atoms with van der Waals surface area (Å²) < 4.78 is 26.9. The van der Waals surface area contributed by atoms with Crippen LogP contribution < -0.4 is 5.32 Å². The molecule has 0 saturated carbocycles. The lowest BCUT2D eigenvalue weighted by atomic mass is 10.1. The molecule has 0 aromatic heterocycles. The molecular weight excluding hydrogens is 286 g/mol. The van der Waals surface area contributed by atoms with Crippen LogP contribution in [0.1, 0.15) is 30.9 Å². The molecule has 1 aliphatic rings. The van der Waals surface area contributed by atoms with Crippen molar-refractivity contribution >= 4 is 10.0 Å². The van der Waals surface area contributed by atoms with Crippen LogP contribution in [0.5, 0.6) is 0 Å². The zero-order valence-electron chi connectivity index (χ0n) is 12.2. The molecule has 1 saturated heterocycles. The van der Waals surface area contributed by atoms with Gasteiger partial charge in [0.1, 0.15) is 0 Å². The highest BCUT2D eigenvalue weighted by molar-refractivity contribution is 7.88. The molecule has 1 fully saturated rings. The zero-order chi connectivity index (χ0) is 15.3. The molecule has 2 rings (SSSR count). The Hall–Kier alpha value is -1.42. The smallest absolute Gasteiger partial charge is 0.218 e. The highest BCUT2D eigenvalue weighted by Gasteiger charge is 2.29. The molecule has 1 aliphatic heterocycles. The summed E-state index contributed by atoms with van der Waals surface area (Å²) in [5, 5.41) is 12.2. The fourth-order valence-corrected chi connectivity index (χ4v) is 4.63. The van der Waals surface area contributed by atoms with Crippen molar-refractivity contribution < 1.29 is 8.42 Å². The van der Waals surface area contributed by atoms with Crippen LogP contribution in [0.2, 0.25) is 0 Å². The van der Waals surface area contributed by atoms with E-state index in [0.717, 1.165) is 25.9 Å². The van der Waals surface area contributed by atoms with Crippen LogP contribution >= 0.6 is 0 Å². The van der Waals surface area contributed by atoms with Crippen molar-refractivity contribution in [3.8, 4) is 6.07 Å². The maximum atomic E-state index is 12.7. The van der Waals surface area contributed by atoms with Gasteiger partial charge in [0, 0.05) is 12.6 Å². The Morgan fingerprint density at radius 2 is 2.10 bits per heavy atom. The maximum Gasteiger partial charge on any atom is 0.218 e. The lowest BCUT2D eigenvalue weighted by Gasteiger charge is -2.33. The van der Waals surface area contributed by atoms with Crippen molar-refractivity contribution in [3.05, 3.63) is 35.4 Å². The Bertz CT molecular complexity index is 616. The molecule has 1 aromatic carbocycles. The number of piperidine rings is 1. The first kappa shape index (κ1) is 16.0. The van der Waals surface area contributed by atoms with Crippen LogP contribution in [-0.2, 0) is 15.8 Å². The number of nitriles is 1. The summed E-state index contributed by atoms with van der Waals surface area (Å²) in [5.41, 5.74) is 1.16. The predicted octanol–water partition coefficient (Wildman–Crippen LogP) is 1.46. The summed E-state index contributed by atoms with van der Waals surface area (Å²) in [6, 6.07) is 8.94. The van der Waals surface area contributed by atoms with Gasteiger partial charge in [0.15, 0.2) is 0 Å². The van der Waals surface area contributed by atoms with Gasteiger partial charge in [-0.3, -0.25) is 0 Å². The number of hydrogen-bond donors (Lipinski definition) is 1. The number of hydrogen-bond acceptors (Lipinski definition) is 4. The molecule has 6 heteroatoms. The quantitative estimate of drug-likeness (QED) is 0.894. The summed E-state index contributed by atoms with van der Waals surface area (Å²) in [6.07, 6.45) is 1.70. The van der Waals surface area contributed by atoms with Gasteiger partial charge in [-0.05, 0) is 43.6 Å². The van der Waals surface area contributed by atoms with E-state index in [0.29, 0.717) is 17.7 Å². The van der Waals surface area contributed by atoms with E-state index in [-0.39, 0.29) is 11.8 Å². The highest BCUT2D eigenvalue weighted by atomic mass is 32.2. The van der Waals surface area contributed by atoms with Gasteiger partial charge in [-0.1, -0.05) is 19.1 Å². The third-order valence-electron chi connectivity index (χ3n) is 3.79. The van der Waals surface area contributed by atoms with Gasteiger partial charge >= 0.3 is 0 Å². The van der Waals surface area contributed by atoms with E-state index in [9.17, 15) is 8.42 Å². The second kappa shape index (κ2) is 7.03. The van der Waals surface area contributed by atoms with Gasteiger partial charge in [-0.2, -0.15) is 9.57 Å². The van der Waals surface area contributed by atoms with Gasteiger partial charge in [0.2, 0.25) is 10.0 Å².